The van der Waals surface area contributed by atoms with Crippen LogP contribution < -0.4 is 10.6 Å². The second-order valence-electron chi connectivity index (χ2n) is 6.77. The quantitative estimate of drug-likeness (QED) is 0.452. The first kappa shape index (κ1) is 18.2. The van der Waals surface area contributed by atoms with Gasteiger partial charge >= 0.3 is 0 Å². The number of fused-ring (bicyclic) bond motifs is 1. The van der Waals surface area contributed by atoms with Crippen molar-refractivity contribution in [1.29, 1.82) is 0 Å². The van der Waals surface area contributed by atoms with E-state index in [1.165, 1.54) is 22.1 Å². The first-order valence-electron chi connectivity index (χ1n) is 9.18. The molecule has 0 radical (unpaired) electrons. The Morgan fingerprint density at radius 2 is 1.75 bits per heavy atom. The van der Waals surface area contributed by atoms with Gasteiger partial charge in [-0.3, -0.25) is 4.79 Å². The highest BCUT2D eigenvalue weighted by molar-refractivity contribution is 7.17. The molecule has 0 fully saturated rings. The Hall–Kier alpha value is -3.18. The third kappa shape index (κ3) is 3.89. The van der Waals surface area contributed by atoms with Gasteiger partial charge in [0.25, 0.3) is 5.91 Å². The summed E-state index contributed by atoms with van der Waals surface area (Å²) in [6.07, 6.45) is 1.62. The molecule has 0 spiro atoms. The molecule has 140 valence electrons. The predicted molar refractivity (Wildman–Crippen MR) is 116 cm³/mol. The van der Waals surface area contributed by atoms with Gasteiger partial charge in [0.05, 0.1) is 12.2 Å². The minimum atomic E-state index is -0.115. The number of aromatic nitrogens is 1. The SMILES string of the molecule is Cc1ccccc1Nc1ncc(C(=O)N[C@@H](C)c2ccc3ccccc3c2)s1. The van der Waals surface area contributed by atoms with Crippen LogP contribution in [0.1, 0.15) is 33.8 Å². The molecule has 4 rings (SSSR count). The fraction of sp³-hybridized carbons (Fsp3) is 0.130. The Labute approximate surface area is 168 Å². The molecule has 4 aromatic rings. The molecular formula is C23H21N3OS. The number of benzene rings is 3. The van der Waals surface area contributed by atoms with E-state index in [1.807, 2.05) is 50.2 Å². The Kier molecular flexibility index (Phi) is 5.08. The molecule has 0 bridgehead atoms. The molecule has 1 aromatic heterocycles. The lowest BCUT2D eigenvalue weighted by atomic mass is 10.0. The number of hydrogen-bond acceptors (Lipinski definition) is 4. The number of para-hydroxylation sites is 1. The summed E-state index contributed by atoms with van der Waals surface area (Å²) in [7, 11) is 0. The third-order valence-corrected chi connectivity index (χ3v) is 5.65. The second-order valence-corrected chi connectivity index (χ2v) is 7.80. The lowest BCUT2D eigenvalue weighted by molar-refractivity contribution is 0.0944. The first-order valence-corrected chi connectivity index (χ1v) is 10.00. The van der Waals surface area contributed by atoms with Crippen LogP contribution in [0, 0.1) is 6.92 Å². The van der Waals surface area contributed by atoms with Crippen LogP contribution in [0.4, 0.5) is 10.8 Å². The molecule has 1 heterocycles. The summed E-state index contributed by atoms with van der Waals surface area (Å²) in [6.45, 7) is 4.03. The number of amides is 1. The van der Waals surface area contributed by atoms with Gasteiger partial charge in [0.2, 0.25) is 0 Å². The average molecular weight is 388 g/mol. The molecule has 0 aliphatic rings. The monoisotopic (exact) mass is 387 g/mol. The summed E-state index contributed by atoms with van der Waals surface area (Å²) in [5.74, 6) is -0.115. The summed E-state index contributed by atoms with van der Waals surface area (Å²) >= 11 is 1.35. The van der Waals surface area contributed by atoms with Crippen LogP contribution in [0.2, 0.25) is 0 Å². The molecule has 0 aliphatic carbocycles. The van der Waals surface area contributed by atoms with Crippen LogP contribution >= 0.6 is 11.3 Å². The number of carbonyl (C=O) groups is 1. The summed E-state index contributed by atoms with van der Waals surface area (Å²) in [5, 5.41) is 9.42. The zero-order valence-corrected chi connectivity index (χ0v) is 16.6. The van der Waals surface area contributed by atoms with Crippen LogP contribution in [0.25, 0.3) is 10.8 Å². The largest absolute Gasteiger partial charge is 0.345 e. The number of carbonyl (C=O) groups excluding carboxylic acids is 1. The fourth-order valence-corrected chi connectivity index (χ4v) is 3.83. The van der Waals surface area contributed by atoms with E-state index in [0.717, 1.165) is 16.8 Å². The van der Waals surface area contributed by atoms with Crippen LogP contribution in [-0.2, 0) is 0 Å². The Morgan fingerprint density at radius 1 is 1.00 bits per heavy atom. The molecule has 28 heavy (non-hydrogen) atoms. The van der Waals surface area contributed by atoms with Crippen molar-refractivity contribution in [3.05, 3.63) is 88.9 Å². The third-order valence-electron chi connectivity index (χ3n) is 4.74. The zero-order chi connectivity index (χ0) is 19.5. The second kappa shape index (κ2) is 7.82. The standard InChI is InChI=1S/C23H21N3OS/c1-15-7-3-6-10-20(15)26-23-24-14-21(28-23)22(27)25-16(2)18-12-11-17-8-4-5-9-19(17)13-18/h3-14,16H,1-2H3,(H,24,26)(H,25,27)/t16-/m0/s1. The van der Waals surface area contributed by atoms with E-state index >= 15 is 0 Å². The molecular weight excluding hydrogens is 366 g/mol. The summed E-state index contributed by atoms with van der Waals surface area (Å²) in [4.78, 5) is 17.6. The van der Waals surface area contributed by atoms with Crippen molar-refractivity contribution in [3.8, 4) is 0 Å². The van der Waals surface area contributed by atoms with Gasteiger partial charge in [0, 0.05) is 5.69 Å². The molecule has 0 saturated carbocycles. The number of aryl methyl sites for hydroxylation is 1. The maximum absolute atomic E-state index is 12.7. The van der Waals surface area contributed by atoms with Gasteiger partial charge in [-0.05, 0) is 47.9 Å². The van der Waals surface area contributed by atoms with Crippen molar-refractivity contribution in [3.63, 3.8) is 0 Å². The summed E-state index contributed by atoms with van der Waals surface area (Å²) < 4.78 is 0. The van der Waals surface area contributed by atoms with Gasteiger partial charge in [0.15, 0.2) is 5.13 Å². The molecule has 0 unspecified atom stereocenters. The van der Waals surface area contributed by atoms with Crippen molar-refractivity contribution in [2.45, 2.75) is 19.9 Å². The van der Waals surface area contributed by atoms with Crippen molar-refractivity contribution in [2.24, 2.45) is 0 Å². The molecule has 4 nitrogen and oxygen atoms in total. The van der Waals surface area contributed by atoms with Crippen LogP contribution in [0.3, 0.4) is 0 Å². The number of anilines is 2. The highest BCUT2D eigenvalue weighted by Gasteiger charge is 2.15. The molecule has 5 heteroatoms. The van der Waals surface area contributed by atoms with E-state index in [4.69, 9.17) is 0 Å². The smallest absolute Gasteiger partial charge is 0.263 e. The number of hydrogen-bond donors (Lipinski definition) is 2. The number of nitrogens with zero attached hydrogens (tertiary/aromatic N) is 1. The van der Waals surface area contributed by atoms with Gasteiger partial charge in [-0.2, -0.15) is 0 Å². The van der Waals surface area contributed by atoms with Crippen LogP contribution in [0.5, 0.6) is 0 Å². The predicted octanol–water partition coefficient (Wildman–Crippen LogP) is 5.84. The molecule has 3 aromatic carbocycles. The molecule has 2 N–H and O–H groups in total. The summed E-state index contributed by atoms with van der Waals surface area (Å²) in [5.41, 5.74) is 3.21. The number of nitrogens with one attached hydrogen (secondary N) is 2. The molecule has 0 aliphatic heterocycles. The van der Waals surface area contributed by atoms with E-state index in [2.05, 4.69) is 45.9 Å². The van der Waals surface area contributed by atoms with Crippen LogP contribution in [-0.4, -0.2) is 10.9 Å². The highest BCUT2D eigenvalue weighted by atomic mass is 32.1. The maximum atomic E-state index is 12.7. The Bertz CT molecular complexity index is 1140. The minimum Gasteiger partial charge on any atom is -0.345 e. The lowest BCUT2D eigenvalue weighted by Crippen LogP contribution is -2.25. The Morgan fingerprint density at radius 3 is 2.57 bits per heavy atom. The zero-order valence-electron chi connectivity index (χ0n) is 15.8. The lowest BCUT2D eigenvalue weighted by Gasteiger charge is -2.14. The van der Waals surface area contributed by atoms with Gasteiger partial charge in [-0.1, -0.05) is 65.9 Å². The minimum absolute atomic E-state index is 0.0908. The fourth-order valence-electron chi connectivity index (χ4n) is 3.09. The number of thiazole rings is 1. The van der Waals surface area contributed by atoms with E-state index in [-0.39, 0.29) is 11.9 Å². The van der Waals surface area contributed by atoms with Crippen molar-refractivity contribution < 1.29 is 4.79 Å². The summed E-state index contributed by atoms with van der Waals surface area (Å²) in [6, 6.07) is 22.4. The first-order chi connectivity index (χ1) is 13.6. The maximum Gasteiger partial charge on any atom is 0.263 e. The van der Waals surface area contributed by atoms with Crippen molar-refractivity contribution in [1.82, 2.24) is 10.3 Å². The van der Waals surface area contributed by atoms with Crippen molar-refractivity contribution >= 4 is 38.8 Å². The van der Waals surface area contributed by atoms with Gasteiger partial charge in [-0.15, -0.1) is 0 Å². The molecule has 0 saturated heterocycles. The van der Waals surface area contributed by atoms with Gasteiger partial charge in [-0.25, -0.2) is 4.98 Å². The van der Waals surface area contributed by atoms with Gasteiger partial charge < -0.3 is 10.6 Å². The molecule has 1 amide bonds. The van der Waals surface area contributed by atoms with Crippen molar-refractivity contribution in [2.75, 3.05) is 5.32 Å². The van der Waals surface area contributed by atoms with Gasteiger partial charge in [0.1, 0.15) is 4.88 Å². The normalized spacial score (nSPS) is 11.9. The van der Waals surface area contributed by atoms with E-state index in [1.54, 1.807) is 6.20 Å². The average Bonchev–Trinajstić information content (AvgIpc) is 3.18. The molecule has 1 atom stereocenters. The van der Waals surface area contributed by atoms with E-state index in [0.29, 0.717) is 10.0 Å². The van der Waals surface area contributed by atoms with E-state index in [9.17, 15) is 4.79 Å². The highest BCUT2D eigenvalue weighted by Crippen LogP contribution is 2.25. The number of rotatable bonds is 5. The van der Waals surface area contributed by atoms with Crippen LogP contribution in [0.15, 0.2) is 72.9 Å². The topological polar surface area (TPSA) is 54.0 Å². The van der Waals surface area contributed by atoms with E-state index < -0.39 is 0 Å². The Balaban J connectivity index is 1.45.